The largest absolute Gasteiger partial charge is 0.462 e. The molecule has 0 aliphatic heterocycles. The second kappa shape index (κ2) is 59.9. The van der Waals surface area contributed by atoms with Gasteiger partial charge in [-0.2, -0.15) is 0 Å². The zero-order chi connectivity index (χ0) is 51.4. The van der Waals surface area contributed by atoms with Crippen LogP contribution in [0.25, 0.3) is 0 Å². The first kappa shape index (κ1) is 68.4. The molecule has 1 atom stereocenters. The second-order valence-corrected chi connectivity index (χ2v) is 20.9. The first-order valence-electron chi connectivity index (χ1n) is 31.1. The van der Waals surface area contributed by atoms with E-state index >= 15 is 0 Å². The topological polar surface area (TPSA) is 78.9 Å². The molecule has 6 heteroatoms. The third-order valence-electron chi connectivity index (χ3n) is 13.8. The number of hydrogen-bond donors (Lipinski definition) is 0. The van der Waals surface area contributed by atoms with Crippen molar-refractivity contribution in [2.24, 2.45) is 0 Å². The highest BCUT2D eigenvalue weighted by Gasteiger charge is 2.19. The number of carbonyl (C=O) groups is 3. The molecular weight excluding hydrogens is 877 g/mol. The Kier molecular flexibility index (Phi) is 57.7. The van der Waals surface area contributed by atoms with Crippen LogP contribution >= 0.6 is 0 Å². The lowest BCUT2D eigenvalue weighted by atomic mass is 10.0. The molecule has 0 aliphatic carbocycles. The van der Waals surface area contributed by atoms with Crippen molar-refractivity contribution in [3.8, 4) is 0 Å². The molecule has 0 N–H and O–H groups in total. The van der Waals surface area contributed by atoms with Crippen LogP contribution in [0.3, 0.4) is 0 Å². The Balaban J connectivity index is 4.33. The molecule has 6 nitrogen and oxygen atoms in total. The normalized spacial score (nSPS) is 12.3. The van der Waals surface area contributed by atoms with Crippen molar-refractivity contribution in [1.29, 1.82) is 0 Å². The van der Waals surface area contributed by atoms with Gasteiger partial charge in [-0.25, -0.2) is 0 Å². The van der Waals surface area contributed by atoms with E-state index in [4.69, 9.17) is 14.2 Å². The summed E-state index contributed by atoms with van der Waals surface area (Å²) in [6.45, 7) is 6.56. The van der Waals surface area contributed by atoms with Crippen molar-refractivity contribution in [2.45, 2.75) is 335 Å². The molecule has 71 heavy (non-hydrogen) atoms. The lowest BCUT2D eigenvalue weighted by molar-refractivity contribution is -0.167. The highest BCUT2D eigenvalue weighted by Crippen LogP contribution is 2.17. The summed E-state index contributed by atoms with van der Waals surface area (Å²) < 4.78 is 16.9. The summed E-state index contributed by atoms with van der Waals surface area (Å²) in [6.07, 6.45) is 74.0. The van der Waals surface area contributed by atoms with Crippen molar-refractivity contribution in [1.82, 2.24) is 0 Å². The molecule has 0 saturated heterocycles. The van der Waals surface area contributed by atoms with Crippen molar-refractivity contribution >= 4 is 17.9 Å². The van der Waals surface area contributed by atoms with Crippen LogP contribution in [0.5, 0.6) is 0 Å². The van der Waals surface area contributed by atoms with Gasteiger partial charge in [-0.05, 0) is 77.0 Å². The van der Waals surface area contributed by atoms with E-state index in [1.54, 1.807) is 0 Å². The monoisotopic (exact) mass is 995 g/mol. The molecule has 0 fully saturated rings. The van der Waals surface area contributed by atoms with Gasteiger partial charge in [-0.15, -0.1) is 0 Å². The van der Waals surface area contributed by atoms with Crippen molar-refractivity contribution in [3.63, 3.8) is 0 Å². The predicted molar refractivity (Wildman–Crippen MR) is 307 cm³/mol. The number of allylic oxidation sites excluding steroid dienone is 8. The van der Waals surface area contributed by atoms with Gasteiger partial charge in [-0.3, -0.25) is 14.4 Å². The van der Waals surface area contributed by atoms with E-state index in [9.17, 15) is 14.4 Å². The number of unbranched alkanes of at least 4 members (excludes halogenated alkanes) is 38. The van der Waals surface area contributed by atoms with Crippen molar-refractivity contribution < 1.29 is 28.6 Å². The van der Waals surface area contributed by atoms with Crippen LogP contribution in [-0.4, -0.2) is 37.2 Å². The maximum absolute atomic E-state index is 12.9. The van der Waals surface area contributed by atoms with Crippen LogP contribution in [0.1, 0.15) is 329 Å². The average molecular weight is 996 g/mol. The fraction of sp³-hybridized carbons (Fsp3) is 0.831. The van der Waals surface area contributed by atoms with Crippen LogP contribution in [-0.2, 0) is 28.6 Å². The van der Waals surface area contributed by atoms with Crippen LogP contribution < -0.4 is 0 Å². The maximum atomic E-state index is 12.9. The Hall–Kier alpha value is -2.63. The zero-order valence-electron chi connectivity index (χ0n) is 47.5. The Bertz CT molecular complexity index is 1230. The summed E-state index contributed by atoms with van der Waals surface area (Å²) in [7, 11) is 0. The maximum Gasteiger partial charge on any atom is 0.306 e. The van der Waals surface area contributed by atoms with E-state index in [2.05, 4.69) is 69.4 Å². The smallest absolute Gasteiger partial charge is 0.306 e. The minimum Gasteiger partial charge on any atom is -0.462 e. The van der Waals surface area contributed by atoms with Crippen molar-refractivity contribution in [3.05, 3.63) is 48.6 Å². The lowest BCUT2D eigenvalue weighted by Crippen LogP contribution is -2.30. The molecule has 0 aromatic carbocycles. The number of rotatable bonds is 57. The summed E-state index contributed by atoms with van der Waals surface area (Å²) in [5.74, 6) is -0.876. The molecule has 0 amide bonds. The van der Waals surface area contributed by atoms with E-state index < -0.39 is 6.10 Å². The standard InChI is InChI=1S/C65H118O6/c1-4-7-10-13-16-19-22-25-28-30-31-32-33-35-37-40-43-46-49-52-55-58-64(67)70-61-62(60-69-63(66)57-54-51-48-45-42-39-36-27-24-21-18-15-12-9-6-3)71-65(68)59-56-53-50-47-44-41-38-34-29-26-23-20-17-14-11-8-5-2/h9,12,18,21,27,30-31,36,62H,4-8,10-11,13-17,19-20,22-26,28-29,32-35,37-61H2,1-3H3/b12-9-,21-18-,31-30-,36-27-. The third kappa shape index (κ3) is 58.1. The average Bonchev–Trinajstić information content (AvgIpc) is 3.37. The first-order valence-corrected chi connectivity index (χ1v) is 31.1. The van der Waals surface area contributed by atoms with E-state index in [1.165, 1.54) is 193 Å². The Labute approximate surface area is 441 Å². The third-order valence-corrected chi connectivity index (χ3v) is 13.8. The van der Waals surface area contributed by atoms with E-state index in [0.29, 0.717) is 19.3 Å². The minimum atomic E-state index is -0.779. The molecule has 414 valence electrons. The molecule has 0 aromatic rings. The number of esters is 3. The molecule has 0 bridgehead atoms. The molecule has 0 heterocycles. The van der Waals surface area contributed by atoms with Crippen molar-refractivity contribution in [2.75, 3.05) is 13.2 Å². The summed E-state index contributed by atoms with van der Waals surface area (Å²) in [6, 6.07) is 0. The lowest BCUT2D eigenvalue weighted by Gasteiger charge is -2.18. The van der Waals surface area contributed by atoms with Gasteiger partial charge in [0.25, 0.3) is 0 Å². The fourth-order valence-electron chi connectivity index (χ4n) is 9.16. The number of ether oxygens (including phenoxy) is 3. The Morgan fingerprint density at radius 2 is 0.549 bits per heavy atom. The highest BCUT2D eigenvalue weighted by atomic mass is 16.6. The van der Waals surface area contributed by atoms with Gasteiger partial charge in [0.05, 0.1) is 0 Å². The van der Waals surface area contributed by atoms with Gasteiger partial charge in [-0.1, -0.05) is 281 Å². The molecule has 0 aliphatic rings. The molecule has 0 aromatic heterocycles. The number of hydrogen-bond acceptors (Lipinski definition) is 6. The fourth-order valence-corrected chi connectivity index (χ4v) is 9.16. The van der Waals surface area contributed by atoms with Gasteiger partial charge in [0, 0.05) is 19.3 Å². The summed E-state index contributed by atoms with van der Waals surface area (Å²) >= 11 is 0. The SMILES string of the molecule is CC/C=C\C/C=C\C/C=C\CCCCCCCC(=O)OCC(COC(=O)CCCCCCCCCCC/C=C\CCCCCCCCCC)OC(=O)CCCCCCCCCCCCCCCCCCC. The molecule has 1 unspecified atom stereocenters. The van der Waals surface area contributed by atoms with Gasteiger partial charge in [0.15, 0.2) is 6.10 Å². The van der Waals surface area contributed by atoms with Gasteiger partial charge in [0.1, 0.15) is 13.2 Å². The summed E-state index contributed by atoms with van der Waals surface area (Å²) in [4.78, 5) is 38.3. The van der Waals surface area contributed by atoms with E-state index in [0.717, 1.165) is 96.3 Å². The number of carbonyl (C=O) groups excluding carboxylic acids is 3. The van der Waals surface area contributed by atoms with Gasteiger partial charge < -0.3 is 14.2 Å². The minimum absolute atomic E-state index is 0.0764. The van der Waals surface area contributed by atoms with Gasteiger partial charge >= 0.3 is 17.9 Å². The second-order valence-electron chi connectivity index (χ2n) is 20.9. The van der Waals surface area contributed by atoms with E-state index in [1.807, 2.05) is 0 Å². The Morgan fingerprint density at radius 1 is 0.296 bits per heavy atom. The molecular formula is C65H118O6. The molecule has 0 radical (unpaired) electrons. The summed E-state index contributed by atoms with van der Waals surface area (Å²) in [5.41, 5.74) is 0. The van der Waals surface area contributed by atoms with E-state index in [-0.39, 0.29) is 31.1 Å². The molecule has 0 rings (SSSR count). The highest BCUT2D eigenvalue weighted by molar-refractivity contribution is 5.71. The van der Waals surface area contributed by atoms with Crippen LogP contribution in [0.15, 0.2) is 48.6 Å². The summed E-state index contributed by atoms with van der Waals surface area (Å²) in [5, 5.41) is 0. The van der Waals surface area contributed by atoms with Gasteiger partial charge in [0.2, 0.25) is 0 Å². The quantitative estimate of drug-likeness (QED) is 0.0261. The van der Waals surface area contributed by atoms with Crippen LogP contribution in [0.2, 0.25) is 0 Å². The molecule has 0 spiro atoms. The Morgan fingerprint density at radius 3 is 0.873 bits per heavy atom. The van der Waals surface area contributed by atoms with Crippen LogP contribution in [0, 0.1) is 0 Å². The zero-order valence-corrected chi connectivity index (χ0v) is 47.5. The molecule has 0 saturated carbocycles. The predicted octanol–water partition coefficient (Wildman–Crippen LogP) is 21.0. The van der Waals surface area contributed by atoms with Crippen LogP contribution in [0.4, 0.5) is 0 Å². The first-order chi connectivity index (χ1) is 35.0.